The molecule has 72 heavy (non-hydrogen) atoms. The van der Waals surface area contributed by atoms with Crippen molar-refractivity contribution >= 4 is 51.9 Å². The summed E-state index contributed by atoms with van der Waals surface area (Å²) < 4.78 is 0. The van der Waals surface area contributed by atoms with Crippen LogP contribution in [0.15, 0.2) is 72.5 Å². The van der Waals surface area contributed by atoms with Crippen LogP contribution in [0, 0.1) is 17.8 Å². The van der Waals surface area contributed by atoms with Gasteiger partial charge in [0.25, 0.3) is 0 Å². The van der Waals surface area contributed by atoms with Crippen LogP contribution in [0.3, 0.4) is 0 Å². The van der Waals surface area contributed by atoms with Crippen molar-refractivity contribution in [1.82, 2.24) is 55.5 Å². The Morgan fingerprint density at radius 2 is 1.69 bits per heavy atom. The lowest BCUT2D eigenvalue weighted by molar-refractivity contribution is -0.142. The lowest BCUT2D eigenvalue weighted by atomic mass is 9.60. The molecule has 1 spiro atoms. The van der Waals surface area contributed by atoms with E-state index in [2.05, 4.69) is 52.4 Å². The van der Waals surface area contributed by atoms with Gasteiger partial charge in [0, 0.05) is 105 Å². The fourth-order valence-corrected chi connectivity index (χ4v) is 12.6. The Morgan fingerprint density at radius 3 is 2.39 bits per heavy atom. The van der Waals surface area contributed by atoms with E-state index >= 15 is 0 Å². The molecule has 0 bridgehead atoms. The second-order valence-electron chi connectivity index (χ2n) is 21.7. The van der Waals surface area contributed by atoms with Crippen molar-refractivity contribution in [1.29, 1.82) is 0 Å². The van der Waals surface area contributed by atoms with E-state index < -0.39 is 23.6 Å². The maximum absolute atomic E-state index is 14.3. The second-order valence-corrected chi connectivity index (χ2v) is 22.5. The molecule has 0 radical (unpaired) electrons. The molecule has 5 N–H and O–H groups in total. The molecule has 4 aliphatic heterocycles. The zero-order valence-electron chi connectivity index (χ0n) is 41.5. The summed E-state index contributed by atoms with van der Waals surface area (Å²) in [6.45, 7) is 15.9. The number of piperazine rings is 1. The minimum Gasteiger partial charge on any atom is -0.507 e. The van der Waals surface area contributed by atoms with Gasteiger partial charge in [0.15, 0.2) is 5.65 Å². The molecule has 8 heterocycles. The highest BCUT2D eigenvalue weighted by Crippen LogP contribution is 2.50. The number of aromatic nitrogens is 6. The minimum atomic E-state index is -0.888. The van der Waals surface area contributed by atoms with Crippen molar-refractivity contribution in [3.63, 3.8) is 0 Å². The number of rotatable bonds is 10. The smallest absolute Gasteiger partial charge is 0.318 e. The maximum atomic E-state index is 14.3. The molecule has 11 rings (SSSR count). The second kappa shape index (κ2) is 18.7. The summed E-state index contributed by atoms with van der Waals surface area (Å²) in [5, 5.41) is 37.1. The Morgan fingerprint density at radius 1 is 0.958 bits per heavy atom. The Balaban J connectivity index is 0.644. The molecule has 1 saturated carbocycles. The van der Waals surface area contributed by atoms with Gasteiger partial charge in [-0.15, -0.1) is 21.5 Å². The van der Waals surface area contributed by atoms with E-state index in [4.69, 9.17) is 9.97 Å². The average Bonchev–Trinajstić information content (AvgIpc) is 4.08. The SMILES string of the molecule is Cc1ncsc1-c1ccc(CNC(=O)[C@@H]2C[C@@H](O)CN2C(=O)[C@@H](NC(=O)N2CC3(CC(N4CCN(c5cnc(N6CCc7[nH]c8nnc(-c9ccccc9O)cc8c7[C@H]6C)nc5)CC4)C3)C2)C(C)(C)C)cc1. The number of nitrogens with one attached hydrogen (secondary N) is 3. The number of para-hydroxylation sites is 1. The summed E-state index contributed by atoms with van der Waals surface area (Å²) in [6.07, 6.45) is 6.03. The number of β-amino-alcohol motifs (C(OH)–C–C–N with tert-alkyl or cyclic N) is 1. The largest absolute Gasteiger partial charge is 0.507 e. The van der Waals surface area contributed by atoms with Crippen LogP contribution in [-0.4, -0.2) is 149 Å². The van der Waals surface area contributed by atoms with E-state index in [0.29, 0.717) is 36.3 Å². The Labute approximate surface area is 422 Å². The van der Waals surface area contributed by atoms with Crippen molar-refractivity contribution in [2.45, 2.75) is 97.1 Å². The number of benzene rings is 2. The third-order valence-electron chi connectivity index (χ3n) is 15.8. The summed E-state index contributed by atoms with van der Waals surface area (Å²) in [5.74, 6) is 0.162. The highest BCUT2D eigenvalue weighted by Gasteiger charge is 2.56. The number of nitrogens with zero attached hydrogens (tertiary/aromatic N) is 10. The molecule has 4 fully saturated rings. The first-order chi connectivity index (χ1) is 34.6. The number of thiazole rings is 1. The number of aliphatic hydroxyl groups excluding tert-OH is 1. The molecule has 19 heteroatoms. The van der Waals surface area contributed by atoms with Gasteiger partial charge in [0.1, 0.15) is 17.8 Å². The van der Waals surface area contributed by atoms with Crippen molar-refractivity contribution in [3.8, 4) is 27.4 Å². The van der Waals surface area contributed by atoms with E-state index in [0.717, 1.165) is 102 Å². The number of hydrogen-bond acceptors (Lipinski definition) is 14. The van der Waals surface area contributed by atoms with Gasteiger partial charge in [-0.1, -0.05) is 57.2 Å². The summed E-state index contributed by atoms with van der Waals surface area (Å²) >= 11 is 1.59. The number of anilines is 2. The minimum absolute atomic E-state index is 0.00286. The van der Waals surface area contributed by atoms with Gasteiger partial charge in [0.05, 0.1) is 52.0 Å². The zero-order chi connectivity index (χ0) is 50.1. The van der Waals surface area contributed by atoms with Gasteiger partial charge in [-0.25, -0.2) is 19.7 Å². The highest BCUT2D eigenvalue weighted by atomic mass is 32.1. The van der Waals surface area contributed by atoms with E-state index in [1.54, 1.807) is 28.4 Å². The zero-order valence-corrected chi connectivity index (χ0v) is 42.3. The number of aryl methyl sites for hydroxylation is 1. The van der Waals surface area contributed by atoms with Crippen LogP contribution in [0.4, 0.5) is 16.4 Å². The van der Waals surface area contributed by atoms with Crippen LogP contribution >= 0.6 is 11.3 Å². The lowest BCUT2D eigenvalue weighted by Crippen LogP contribution is -2.70. The van der Waals surface area contributed by atoms with Crippen molar-refractivity contribution in [3.05, 3.63) is 95.0 Å². The molecule has 2 aromatic carbocycles. The number of fused-ring (bicyclic) bond motifs is 3. The number of hydrogen-bond donors (Lipinski definition) is 5. The number of amides is 4. The van der Waals surface area contributed by atoms with E-state index in [1.807, 2.05) is 88.1 Å². The van der Waals surface area contributed by atoms with E-state index in [-0.39, 0.29) is 54.6 Å². The van der Waals surface area contributed by atoms with Crippen LogP contribution in [0.25, 0.3) is 32.7 Å². The first kappa shape index (κ1) is 47.6. The number of aliphatic hydroxyl groups is 1. The lowest BCUT2D eigenvalue weighted by Gasteiger charge is -2.61. The van der Waals surface area contributed by atoms with Gasteiger partial charge >= 0.3 is 6.03 Å². The Kier molecular flexibility index (Phi) is 12.4. The molecule has 0 unspecified atom stereocenters. The highest BCUT2D eigenvalue weighted by molar-refractivity contribution is 7.13. The quantitative estimate of drug-likeness (QED) is 0.112. The summed E-state index contributed by atoms with van der Waals surface area (Å²) in [7, 11) is 0. The van der Waals surface area contributed by atoms with Gasteiger partial charge < -0.3 is 45.4 Å². The predicted molar refractivity (Wildman–Crippen MR) is 275 cm³/mol. The molecular weight excluding hydrogens is 931 g/mol. The molecule has 1 aliphatic carbocycles. The van der Waals surface area contributed by atoms with Gasteiger partial charge in [0.2, 0.25) is 17.8 Å². The predicted octanol–water partition coefficient (Wildman–Crippen LogP) is 5.67. The number of urea groups is 1. The summed E-state index contributed by atoms with van der Waals surface area (Å²) in [6, 6.07) is 15.6. The number of aromatic amines is 1. The number of phenols is 1. The number of likely N-dealkylation sites (tertiary alicyclic amines) is 2. The average molecular weight is 994 g/mol. The fourth-order valence-electron chi connectivity index (χ4n) is 11.7. The topological polar surface area (TPSA) is 212 Å². The van der Waals surface area contributed by atoms with Gasteiger partial charge in [-0.05, 0) is 61.4 Å². The van der Waals surface area contributed by atoms with Crippen LogP contribution in [0.2, 0.25) is 0 Å². The Hall–Kier alpha value is -6.70. The number of H-pyrrole nitrogens is 1. The molecule has 4 amide bonds. The maximum Gasteiger partial charge on any atom is 0.318 e. The molecule has 5 aliphatic rings. The summed E-state index contributed by atoms with van der Waals surface area (Å²) in [4.78, 5) is 70.8. The number of carbonyl (C=O) groups is 3. The standard InChI is InChI=1S/C53H63N13O5S/c1-31-45(72-30-57-31)34-12-10-33(11-13-34)24-54-48(69)42-20-37(67)27-66(42)49(70)46(52(3,4)5)59-51(71)64-28-53(29-64)22-35(23-53)62-16-18-63(19-17-62)36-25-55-50(56-26-36)65-15-14-40-44(32(65)2)39-21-41(60-61-47(39)58-40)38-8-6-7-9-43(38)68/h6-13,21,25-26,30,32,35,37,42,46,67-68H,14-20,22-24,27-29H2,1-5H3,(H,54,69)(H,58,61)(H,59,71)/t32-,37-,42+,46-/m1/s1. The summed E-state index contributed by atoms with van der Waals surface area (Å²) in [5.41, 5.74) is 9.53. The van der Waals surface area contributed by atoms with Crippen LogP contribution in [0.1, 0.15) is 75.5 Å². The number of carbonyl (C=O) groups excluding carboxylic acids is 3. The molecule has 4 atom stereocenters. The number of phenolic OH excluding ortho intramolecular Hbond substituents is 1. The molecule has 18 nitrogen and oxygen atoms in total. The molecule has 4 aromatic heterocycles. The Bertz CT molecular complexity index is 2990. The van der Waals surface area contributed by atoms with Crippen LogP contribution in [0.5, 0.6) is 5.75 Å². The molecule has 3 saturated heterocycles. The van der Waals surface area contributed by atoms with Crippen LogP contribution in [-0.2, 0) is 22.6 Å². The van der Waals surface area contributed by atoms with Crippen molar-refractivity contribution in [2.75, 3.05) is 62.2 Å². The fraction of sp³-hybridized carbons (Fsp3) is 0.472. The normalized spacial score (nSPS) is 21.6. The van der Waals surface area contributed by atoms with Crippen LogP contribution < -0.4 is 20.4 Å². The van der Waals surface area contributed by atoms with Crippen molar-refractivity contribution in [2.24, 2.45) is 10.8 Å². The number of aromatic hydroxyl groups is 1. The monoisotopic (exact) mass is 993 g/mol. The third kappa shape index (κ3) is 8.99. The first-order valence-electron chi connectivity index (χ1n) is 25.2. The first-order valence-corrected chi connectivity index (χ1v) is 26.0. The van der Waals surface area contributed by atoms with E-state index in [9.17, 15) is 24.6 Å². The molecule has 6 aromatic rings. The molecule has 376 valence electrons. The van der Waals surface area contributed by atoms with E-state index in [1.165, 1.54) is 4.90 Å². The third-order valence-corrected chi connectivity index (χ3v) is 16.8. The van der Waals surface area contributed by atoms with Crippen molar-refractivity contribution < 1.29 is 24.6 Å². The van der Waals surface area contributed by atoms with Gasteiger partial charge in [-0.3, -0.25) is 14.5 Å². The molecular formula is C53H63N13O5S. The van der Waals surface area contributed by atoms with Gasteiger partial charge in [-0.2, -0.15) is 0 Å².